The minimum absolute atomic E-state index is 0.0728. The first-order chi connectivity index (χ1) is 9.10. The smallest absolute Gasteiger partial charge is 0.311 e. The van der Waals surface area contributed by atoms with Gasteiger partial charge in [0, 0.05) is 26.9 Å². The van der Waals surface area contributed by atoms with Crippen LogP contribution in [-0.2, 0) is 6.61 Å². The highest BCUT2D eigenvalue weighted by molar-refractivity contribution is 9.10. The number of benzene rings is 1. The monoisotopic (exact) mass is 343 g/mol. The Morgan fingerprint density at radius 1 is 1.42 bits per heavy atom. The summed E-state index contributed by atoms with van der Waals surface area (Å²) in [5.74, 6) is 0.724. The zero-order chi connectivity index (χ0) is 13.8. The molecule has 100 valence electrons. The predicted molar refractivity (Wildman–Crippen MR) is 76.0 cm³/mol. The van der Waals surface area contributed by atoms with Crippen LogP contribution in [0, 0.1) is 10.1 Å². The molecule has 0 saturated heterocycles. The molecule has 7 heteroatoms. The summed E-state index contributed by atoms with van der Waals surface area (Å²) in [6.07, 6.45) is 0. The van der Waals surface area contributed by atoms with E-state index in [2.05, 4.69) is 15.9 Å². The van der Waals surface area contributed by atoms with Crippen molar-refractivity contribution < 1.29 is 14.4 Å². The number of hydrogen-bond donors (Lipinski definition) is 0. The van der Waals surface area contributed by atoms with Gasteiger partial charge in [0.05, 0.1) is 12.0 Å². The number of halogens is 1. The number of ether oxygens (including phenoxy) is 2. The van der Waals surface area contributed by atoms with Gasteiger partial charge in [-0.1, -0.05) is 0 Å². The van der Waals surface area contributed by atoms with Crippen molar-refractivity contribution in [3.63, 3.8) is 0 Å². The minimum Gasteiger partial charge on any atom is -0.497 e. The van der Waals surface area contributed by atoms with Crippen molar-refractivity contribution in [3.05, 3.63) is 49.1 Å². The molecule has 0 amide bonds. The Bertz CT molecular complexity index is 599. The number of methoxy groups -OCH3 is 1. The van der Waals surface area contributed by atoms with E-state index in [0.717, 1.165) is 9.35 Å². The van der Waals surface area contributed by atoms with Gasteiger partial charge in [0.1, 0.15) is 12.4 Å². The predicted octanol–water partition coefficient (Wildman–Crippen LogP) is 4.01. The lowest BCUT2D eigenvalue weighted by molar-refractivity contribution is -0.386. The molecule has 0 fully saturated rings. The second kappa shape index (κ2) is 6.03. The average Bonchev–Trinajstić information content (AvgIpc) is 2.81. The van der Waals surface area contributed by atoms with Gasteiger partial charge in [-0.15, -0.1) is 11.3 Å². The summed E-state index contributed by atoms with van der Waals surface area (Å²) in [6, 6.07) is 6.34. The second-order valence-corrected chi connectivity index (χ2v) is 5.52. The summed E-state index contributed by atoms with van der Waals surface area (Å²) in [4.78, 5) is 11.4. The van der Waals surface area contributed by atoms with Crippen LogP contribution < -0.4 is 9.47 Å². The second-order valence-electron chi connectivity index (χ2n) is 3.61. The summed E-state index contributed by atoms with van der Waals surface area (Å²) in [7, 11) is 1.50. The largest absolute Gasteiger partial charge is 0.497 e. The molecule has 0 saturated carbocycles. The highest BCUT2D eigenvalue weighted by Gasteiger charge is 2.16. The Labute approximate surface area is 122 Å². The molecule has 5 nitrogen and oxygen atoms in total. The molecule has 0 bridgehead atoms. The maximum atomic E-state index is 10.9. The number of hydrogen-bond acceptors (Lipinski definition) is 5. The molecule has 0 atom stereocenters. The molecule has 0 unspecified atom stereocenters. The molecule has 1 aromatic carbocycles. The summed E-state index contributed by atoms with van der Waals surface area (Å²) in [5.41, 5.74) is -0.0728. The van der Waals surface area contributed by atoms with Crippen LogP contribution in [0.1, 0.15) is 4.88 Å². The summed E-state index contributed by atoms with van der Waals surface area (Å²) in [5, 5.41) is 12.8. The van der Waals surface area contributed by atoms with Gasteiger partial charge in [-0.05, 0) is 28.1 Å². The van der Waals surface area contributed by atoms with E-state index >= 15 is 0 Å². The number of nitrogens with zero attached hydrogens (tertiary/aromatic N) is 1. The normalized spacial score (nSPS) is 10.2. The quantitative estimate of drug-likeness (QED) is 0.607. The molecule has 0 N–H and O–H groups in total. The molecule has 0 aliphatic carbocycles. The summed E-state index contributed by atoms with van der Waals surface area (Å²) in [6.45, 7) is 0.282. The Balaban J connectivity index is 2.19. The first-order valence-electron chi connectivity index (χ1n) is 5.28. The van der Waals surface area contributed by atoms with Gasteiger partial charge in [-0.3, -0.25) is 10.1 Å². The van der Waals surface area contributed by atoms with Gasteiger partial charge in [-0.25, -0.2) is 0 Å². The minimum atomic E-state index is -0.473. The Hall–Kier alpha value is -1.60. The molecule has 2 rings (SSSR count). The third kappa shape index (κ3) is 3.45. The highest BCUT2D eigenvalue weighted by atomic mass is 79.9. The Kier molecular flexibility index (Phi) is 4.39. The van der Waals surface area contributed by atoms with Crippen LogP contribution in [0.5, 0.6) is 11.5 Å². The zero-order valence-corrected chi connectivity index (χ0v) is 12.4. The number of nitro groups is 1. The topological polar surface area (TPSA) is 61.6 Å². The third-order valence-electron chi connectivity index (χ3n) is 2.36. The molecule has 1 aromatic heterocycles. The van der Waals surface area contributed by atoms with E-state index in [1.165, 1.54) is 36.6 Å². The maximum absolute atomic E-state index is 10.9. The molecule has 19 heavy (non-hydrogen) atoms. The molecule has 1 heterocycles. The zero-order valence-electron chi connectivity index (χ0n) is 9.96. The lowest BCUT2D eigenvalue weighted by Crippen LogP contribution is -1.98. The van der Waals surface area contributed by atoms with Crippen LogP contribution in [0.15, 0.2) is 34.1 Å². The van der Waals surface area contributed by atoms with Crippen LogP contribution in [0.2, 0.25) is 0 Å². The average molecular weight is 344 g/mol. The number of nitro benzene ring substituents is 1. The van der Waals surface area contributed by atoms with Crippen LogP contribution in [0.3, 0.4) is 0 Å². The Morgan fingerprint density at radius 2 is 2.21 bits per heavy atom. The molecule has 0 spiro atoms. The summed E-state index contributed by atoms with van der Waals surface area (Å²) < 4.78 is 11.5. The standard InChI is InChI=1S/C12H10BrNO4S/c1-17-9-2-3-11(14(15)16)12(5-9)18-6-10-4-8(13)7-19-10/h2-5,7H,6H2,1H3. The van der Waals surface area contributed by atoms with Gasteiger partial charge < -0.3 is 9.47 Å². The van der Waals surface area contributed by atoms with E-state index in [1.807, 2.05) is 11.4 Å². The van der Waals surface area contributed by atoms with Crippen LogP contribution in [0.25, 0.3) is 0 Å². The van der Waals surface area contributed by atoms with Gasteiger partial charge in [0.2, 0.25) is 5.75 Å². The van der Waals surface area contributed by atoms with E-state index in [0.29, 0.717) is 5.75 Å². The van der Waals surface area contributed by atoms with Crippen LogP contribution in [0.4, 0.5) is 5.69 Å². The fourth-order valence-corrected chi connectivity index (χ4v) is 2.83. The van der Waals surface area contributed by atoms with E-state index in [4.69, 9.17) is 9.47 Å². The molecular weight excluding hydrogens is 334 g/mol. The summed E-state index contributed by atoms with van der Waals surface area (Å²) >= 11 is 4.87. The van der Waals surface area contributed by atoms with Crippen molar-refractivity contribution in [3.8, 4) is 11.5 Å². The van der Waals surface area contributed by atoms with Crippen LogP contribution in [-0.4, -0.2) is 12.0 Å². The van der Waals surface area contributed by atoms with E-state index in [1.54, 1.807) is 0 Å². The van der Waals surface area contributed by atoms with Crippen LogP contribution >= 0.6 is 27.3 Å². The molecule has 0 aliphatic heterocycles. The molecule has 0 radical (unpaired) electrons. The van der Waals surface area contributed by atoms with Crippen molar-refractivity contribution >= 4 is 33.0 Å². The first kappa shape index (κ1) is 13.8. The molecular formula is C12H10BrNO4S. The number of rotatable bonds is 5. The van der Waals surface area contributed by atoms with Gasteiger partial charge in [0.15, 0.2) is 0 Å². The van der Waals surface area contributed by atoms with E-state index in [9.17, 15) is 10.1 Å². The van der Waals surface area contributed by atoms with Gasteiger partial charge >= 0.3 is 5.69 Å². The van der Waals surface area contributed by atoms with Gasteiger partial charge in [0.25, 0.3) is 0 Å². The molecule has 2 aromatic rings. The van der Waals surface area contributed by atoms with Crippen molar-refractivity contribution in [2.24, 2.45) is 0 Å². The van der Waals surface area contributed by atoms with Crippen molar-refractivity contribution in [1.29, 1.82) is 0 Å². The maximum Gasteiger partial charge on any atom is 0.311 e. The SMILES string of the molecule is COc1ccc([N+](=O)[O-])c(OCc2cc(Br)cs2)c1. The van der Waals surface area contributed by atoms with E-state index < -0.39 is 4.92 Å². The van der Waals surface area contributed by atoms with E-state index in [-0.39, 0.29) is 18.0 Å². The first-order valence-corrected chi connectivity index (χ1v) is 6.95. The number of thiophene rings is 1. The fourth-order valence-electron chi connectivity index (χ4n) is 1.47. The lowest BCUT2D eigenvalue weighted by atomic mass is 10.3. The Morgan fingerprint density at radius 3 is 2.79 bits per heavy atom. The highest BCUT2D eigenvalue weighted by Crippen LogP contribution is 2.32. The third-order valence-corrected chi connectivity index (χ3v) is 4.03. The molecule has 0 aliphatic rings. The van der Waals surface area contributed by atoms with Crippen molar-refractivity contribution in [2.75, 3.05) is 7.11 Å². The lowest BCUT2D eigenvalue weighted by Gasteiger charge is -2.07. The van der Waals surface area contributed by atoms with Crippen molar-refractivity contribution in [2.45, 2.75) is 6.61 Å². The van der Waals surface area contributed by atoms with Gasteiger partial charge in [-0.2, -0.15) is 0 Å². The fraction of sp³-hybridized carbons (Fsp3) is 0.167. The van der Waals surface area contributed by atoms with Crippen molar-refractivity contribution in [1.82, 2.24) is 0 Å².